The molecule has 31 heavy (non-hydrogen) atoms. The van der Waals surface area contributed by atoms with Crippen LogP contribution in [-0.2, 0) is 6.61 Å². The zero-order valence-electron chi connectivity index (χ0n) is 16.4. The Morgan fingerprint density at radius 3 is 2.61 bits per heavy atom. The van der Waals surface area contributed by atoms with Crippen LogP contribution in [0.25, 0.3) is 10.8 Å². The van der Waals surface area contributed by atoms with Gasteiger partial charge in [0, 0.05) is 5.02 Å². The highest BCUT2D eigenvalue weighted by atomic mass is 35.5. The third-order valence-corrected chi connectivity index (χ3v) is 5.24. The molecule has 0 atom stereocenters. The van der Waals surface area contributed by atoms with Gasteiger partial charge >= 0.3 is 0 Å². The summed E-state index contributed by atoms with van der Waals surface area (Å²) >= 11 is 11.9. The number of hydrazone groups is 1. The lowest BCUT2D eigenvalue weighted by atomic mass is 10.1. The summed E-state index contributed by atoms with van der Waals surface area (Å²) in [6.45, 7) is 0.452. The third kappa shape index (κ3) is 5.23. The summed E-state index contributed by atoms with van der Waals surface area (Å²) < 4.78 is 5.99. The number of fused-ring (bicyclic) bond motifs is 1. The van der Waals surface area contributed by atoms with Crippen molar-refractivity contribution in [3.05, 3.63) is 112 Å². The molecule has 0 saturated heterocycles. The van der Waals surface area contributed by atoms with E-state index in [1.165, 1.54) is 16.8 Å². The molecule has 4 rings (SSSR count). The summed E-state index contributed by atoms with van der Waals surface area (Å²) in [6.07, 6.45) is 1.55. The first kappa shape index (κ1) is 20.9. The highest BCUT2D eigenvalue weighted by Crippen LogP contribution is 2.22. The van der Waals surface area contributed by atoms with E-state index in [4.69, 9.17) is 27.9 Å². The Bertz CT molecular complexity index is 1270. The van der Waals surface area contributed by atoms with Crippen LogP contribution in [0, 0.1) is 0 Å². The summed E-state index contributed by atoms with van der Waals surface area (Å²) in [7, 11) is 0. The molecule has 0 aliphatic rings. The van der Waals surface area contributed by atoms with Crippen LogP contribution >= 0.6 is 23.2 Å². The molecular formula is C25H18Cl2N2O2. The van der Waals surface area contributed by atoms with Gasteiger partial charge in [0.15, 0.2) is 0 Å². The summed E-state index contributed by atoms with van der Waals surface area (Å²) in [5.41, 5.74) is 4.67. The first-order chi connectivity index (χ1) is 15.1. The Morgan fingerprint density at radius 1 is 0.935 bits per heavy atom. The SMILES string of the molecule is O=C(N/N=C\c1cccc(OCc2cccc3ccccc23)c1)c1ccc(Cl)cc1Cl. The fourth-order valence-electron chi connectivity index (χ4n) is 3.16. The van der Waals surface area contributed by atoms with Crippen LogP contribution < -0.4 is 10.2 Å². The number of benzene rings is 4. The zero-order valence-corrected chi connectivity index (χ0v) is 17.9. The average molecular weight is 449 g/mol. The van der Waals surface area contributed by atoms with Crippen LogP contribution in [0.4, 0.5) is 0 Å². The first-order valence-electron chi connectivity index (χ1n) is 9.58. The van der Waals surface area contributed by atoms with Gasteiger partial charge in [-0.25, -0.2) is 5.43 Å². The Labute approximate surface area is 190 Å². The first-order valence-corrected chi connectivity index (χ1v) is 10.3. The molecule has 0 saturated carbocycles. The zero-order chi connectivity index (χ0) is 21.6. The normalized spacial score (nSPS) is 11.0. The van der Waals surface area contributed by atoms with Crippen molar-refractivity contribution in [2.24, 2.45) is 5.10 Å². The van der Waals surface area contributed by atoms with Crippen molar-refractivity contribution in [3.63, 3.8) is 0 Å². The smallest absolute Gasteiger partial charge is 0.272 e. The van der Waals surface area contributed by atoms with Crippen LogP contribution in [0.1, 0.15) is 21.5 Å². The van der Waals surface area contributed by atoms with Gasteiger partial charge in [-0.1, -0.05) is 77.8 Å². The van der Waals surface area contributed by atoms with E-state index < -0.39 is 5.91 Å². The molecule has 0 radical (unpaired) electrons. The van der Waals surface area contributed by atoms with Crippen LogP contribution in [0.2, 0.25) is 10.0 Å². The second-order valence-electron chi connectivity index (χ2n) is 6.82. The Balaban J connectivity index is 1.40. The Kier molecular flexibility index (Phi) is 6.51. The largest absolute Gasteiger partial charge is 0.489 e. The lowest BCUT2D eigenvalue weighted by molar-refractivity contribution is 0.0955. The summed E-state index contributed by atoms with van der Waals surface area (Å²) in [5, 5.41) is 7.09. The van der Waals surface area contributed by atoms with Crippen LogP contribution in [0.3, 0.4) is 0 Å². The lowest BCUT2D eigenvalue weighted by Gasteiger charge is -2.09. The van der Waals surface area contributed by atoms with Crippen molar-refractivity contribution in [1.29, 1.82) is 0 Å². The number of hydrogen-bond donors (Lipinski definition) is 1. The van der Waals surface area contributed by atoms with E-state index in [0.29, 0.717) is 22.9 Å². The molecule has 4 aromatic carbocycles. The monoisotopic (exact) mass is 448 g/mol. The number of amides is 1. The molecule has 0 heterocycles. The fraction of sp³-hybridized carbons (Fsp3) is 0.0400. The van der Waals surface area contributed by atoms with Gasteiger partial charge in [0.25, 0.3) is 5.91 Å². The highest BCUT2D eigenvalue weighted by molar-refractivity contribution is 6.36. The minimum atomic E-state index is -0.415. The van der Waals surface area contributed by atoms with Crippen molar-refractivity contribution in [2.45, 2.75) is 6.61 Å². The van der Waals surface area contributed by atoms with E-state index in [0.717, 1.165) is 11.1 Å². The van der Waals surface area contributed by atoms with Crippen molar-refractivity contribution in [1.82, 2.24) is 5.43 Å². The van der Waals surface area contributed by atoms with E-state index >= 15 is 0 Å². The standard InChI is InChI=1S/C25H18Cl2N2O2/c26-20-11-12-23(24(27)14-20)25(30)29-28-15-17-5-3-9-21(13-17)31-16-19-8-4-7-18-6-1-2-10-22(18)19/h1-15H,16H2,(H,29,30)/b28-15-. The molecule has 0 aliphatic heterocycles. The molecule has 0 spiro atoms. The van der Waals surface area contributed by atoms with Crippen molar-refractivity contribution in [2.75, 3.05) is 0 Å². The number of carbonyl (C=O) groups excluding carboxylic acids is 1. The number of nitrogens with zero attached hydrogens (tertiary/aromatic N) is 1. The Hall–Kier alpha value is -3.34. The Morgan fingerprint density at radius 2 is 1.74 bits per heavy atom. The quantitative estimate of drug-likeness (QED) is 0.270. The van der Waals surface area contributed by atoms with Gasteiger partial charge < -0.3 is 4.74 Å². The number of hydrogen-bond acceptors (Lipinski definition) is 3. The van der Waals surface area contributed by atoms with Gasteiger partial charge in [-0.05, 0) is 52.2 Å². The molecular weight excluding hydrogens is 431 g/mol. The van der Waals surface area contributed by atoms with Crippen LogP contribution in [0.5, 0.6) is 5.75 Å². The topological polar surface area (TPSA) is 50.7 Å². The molecule has 0 unspecified atom stereocenters. The van der Waals surface area contributed by atoms with Gasteiger partial charge in [0.2, 0.25) is 0 Å². The number of ether oxygens (including phenoxy) is 1. The highest BCUT2D eigenvalue weighted by Gasteiger charge is 2.09. The summed E-state index contributed by atoms with van der Waals surface area (Å²) in [5.74, 6) is 0.297. The van der Waals surface area contributed by atoms with Gasteiger partial charge in [0.05, 0.1) is 16.8 Å². The van der Waals surface area contributed by atoms with Crippen LogP contribution in [-0.4, -0.2) is 12.1 Å². The van der Waals surface area contributed by atoms with E-state index in [1.807, 2.05) is 42.5 Å². The lowest BCUT2D eigenvalue weighted by Crippen LogP contribution is -2.18. The molecule has 0 fully saturated rings. The summed E-state index contributed by atoms with van der Waals surface area (Å²) in [4.78, 5) is 12.2. The average Bonchev–Trinajstić information content (AvgIpc) is 2.78. The van der Waals surface area contributed by atoms with E-state index in [1.54, 1.807) is 18.3 Å². The number of carbonyl (C=O) groups is 1. The molecule has 0 bridgehead atoms. The third-order valence-electron chi connectivity index (χ3n) is 4.69. The molecule has 154 valence electrons. The molecule has 0 aromatic heterocycles. The van der Waals surface area contributed by atoms with Gasteiger partial charge in [-0.3, -0.25) is 4.79 Å². The number of nitrogens with one attached hydrogen (secondary N) is 1. The van der Waals surface area contributed by atoms with Crippen LogP contribution in [0.15, 0.2) is 90.0 Å². The predicted molar refractivity (Wildman–Crippen MR) is 126 cm³/mol. The molecule has 1 amide bonds. The maximum atomic E-state index is 12.2. The minimum Gasteiger partial charge on any atom is -0.489 e. The van der Waals surface area contributed by atoms with Gasteiger partial charge in [0.1, 0.15) is 12.4 Å². The second-order valence-corrected chi connectivity index (χ2v) is 7.67. The number of rotatable bonds is 6. The van der Waals surface area contributed by atoms with Crippen molar-refractivity contribution in [3.8, 4) is 5.75 Å². The van der Waals surface area contributed by atoms with E-state index in [2.05, 4.69) is 34.8 Å². The molecule has 6 heteroatoms. The molecule has 4 aromatic rings. The van der Waals surface area contributed by atoms with Gasteiger partial charge in [-0.2, -0.15) is 5.10 Å². The van der Waals surface area contributed by atoms with Crippen molar-refractivity contribution < 1.29 is 9.53 Å². The molecule has 4 nitrogen and oxygen atoms in total. The van der Waals surface area contributed by atoms with E-state index in [9.17, 15) is 4.79 Å². The maximum absolute atomic E-state index is 12.2. The summed E-state index contributed by atoms with van der Waals surface area (Å²) in [6, 6.07) is 26.5. The van der Waals surface area contributed by atoms with E-state index in [-0.39, 0.29) is 5.02 Å². The number of halogens is 2. The van der Waals surface area contributed by atoms with Crippen molar-refractivity contribution >= 4 is 46.1 Å². The minimum absolute atomic E-state index is 0.268. The van der Waals surface area contributed by atoms with Gasteiger partial charge in [-0.15, -0.1) is 0 Å². The maximum Gasteiger partial charge on any atom is 0.272 e. The molecule has 1 N–H and O–H groups in total. The second kappa shape index (κ2) is 9.65. The molecule has 0 aliphatic carbocycles. The fourth-order valence-corrected chi connectivity index (χ4v) is 3.66. The predicted octanol–water partition coefficient (Wildman–Crippen LogP) is 6.49.